The zero-order valence-corrected chi connectivity index (χ0v) is 16.4. The van der Waals surface area contributed by atoms with Gasteiger partial charge in [0.2, 0.25) is 11.8 Å². The number of hydrogen-bond donors (Lipinski definition) is 0. The van der Waals surface area contributed by atoms with Crippen LogP contribution in [0.15, 0.2) is 28.7 Å². The number of ether oxygens (including phenoxy) is 1. The summed E-state index contributed by atoms with van der Waals surface area (Å²) < 4.78 is 11.1. The maximum Gasteiger partial charge on any atom is 0.233 e. The SMILES string of the molecule is COc1ccc(CC2CCN(C(C)c3nnc(CC(C)C)o3)CC2)cc1. The van der Waals surface area contributed by atoms with E-state index in [1.165, 1.54) is 18.4 Å². The molecule has 1 saturated heterocycles. The number of methoxy groups -OCH3 is 1. The normalized spacial score (nSPS) is 17.6. The molecule has 142 valence electrons. The molecule has 0 spiro atoms. The zero-order valence-electron chi connectivity index (χ0n) is 16.4. The summed E-state index contributed by atoms with van der Waals surface area (Å²) in [5.41, 5.74) is 1.40. The molecule has 26 heavy (non-hydrogen) atoms. The topological polar surface area (TPSA) is 51.4 Å². The van der Waals surface area contributed by atoms with Crippen LogP contribution in [0.4, 0.5) is 0 Å². The minimum Gasteiger partial charge on any atom is -0.497 e. The van der Waals surface area contributed by atoms with Crippen molar-refractivity contribution in [3.63, 3.8) is 0 Å². The molecule has 1 aliphatic heterocycles. The van der Waals surface area contributed by atoms with E-state index in [-0.39, 0.29) is 6.04 Å². The first kappa shape index (κ1) is 18.9. The van der Waals surface area contributed by atoms with Gasteiger partial charge in [-0.3, -0.25) is 4.90 Å². The summed E-state index contributed by atoms with van der Waals surface area (Å²) in [6, 6.07) is 8.67. The summed E-state index contributed by atoms with van der Waals surface area (Å²) in [5.74, 6) is 3.72. The van der Waals surface area contributed by atoms with Crippen LogP contribution in [0.1, 0.15) is 57.0 Å². The minimum absolute atomic E-state index is 0.199. The summed E-state index contributed by atoms with van der Waals surface area (Å²) in [6.45, 7) is 8.69. The largest absolute Gasteiger partial charge is 0.497 e. The molecule has 2 aromatic rings. The highest BCUT2D eigenvalue weighted by atomic mass is 16.5. The van der Waals surface area contributed by atoms with Gasteiger partial charge in [-0.15, -0.1) is 10.2 Å². The third kappa shape index (κ3) is 4.85. The highest BCUT2D eigenvalue weighted by Gasteiger charge is 2.26. The summed E-state index contributed by atoms with van der Waals surface area (Å²) in [5, 5.41) is 8.48. The van der Waals surface area contributed by atoms with Crippen molar-refractivity contribution in [3.8, 4) is 5.75 Å². The summed E-state index contributed by atoms with van der Waals surface area (Å²) in [6.07, 6.45) is 4.42. The molecule has 0 radical (unpaired) electrons. The molecule has 1 unspecified atom stereocenters. The Labute approximate surface area is 156 Å². The van der Waals surface area contributed by atoms with E-state index in [1.807, 2.05) is 0 Å². The van der Waals surface area contributed by atoms with E-state index in [9.17, 15) is 0 Å². The Morgan fingerprint density at radius 1 is 1.12 bits per heavy atom. The molecular formula is C21H31N3O2. The molecule has 0 bridgehead atoms. The second-order valence-corrected chi connectivity index (χ2v) is 7.84. The fraction of sp³-hybridized carbons (Fsp3) is 0.619. The second-order valence-electron chi connectivity index (χ2n) is 7.84. The van der Waals surface area contributed by atoms with Gasteiger partial charge in [-0.25, -0.2) is 0 Å². The molecule has 1 aromatic carbocycles. The van der Waals surface area contributed by atoms with Crippen molar-refractivity contribution in [2.75, 3.05) is 20.2 Å². The Balaban J connectivity index is 1.50. The van der Waals surface area contributed by atoms with Gasteiger partial charge in [-0.05, 0) is 68.8 Å². The predicted molar refractivity (Wildman–Crippen MR) is 102 cm³/mol. The summed E-state index contributed by atoms with van der Waals surface area (Å²) in [7, 11) is 1.71. The maximum absolute atomic E-state index is 5.88. The number of benzene rings is 1. The first-order chi connectivity index (χ1) is 12.5. The number of rotatable bonds is 7. The first-order valence-electron chi connectivity index (χ1n) is 9.74. The van der Waals surface area contributed by atoms with Crippen LogP contribution in [0.5, 0.6) is 5.75 Å². The van der Waals surface area contributed by atoms with Crippen molar-refractivity contribution in [2.45, 2.75) is 52.5 Å². The van der Waals surface area contributed by atoms with Crippen molar-refractivity contribution in [3.05, 3.63) is 41.6 Å². The third-order valence-corrected chi connectivity index (χ3v) is 5.30. The van der Waals surface area contributed by atoms with E-state index in [2.05, 4.69) is 60.1 Å². The average molecular weight is 357 g/mol. The first-order valence-corrected chi connectivity index (χ1v) is 9.74. The molecule has 3 rings (SSSR count). The quantitative estimate of drug-likeness (QED) is 0.740. The highest BCUT2D eigenvalue weighted by Crippen LogP contribution is 2.28. The summed E-state index contributed by atoms with van der Waals surface area (Å²) >= 11 is 0. The van der Waals surface area contributed by atoms with Gasteiger partial charge >= 0.3 is 0 Å². The number of hydrogen-bond acceptors (Lipinski definition) is 5. The molecule has 5 heteroatoms. The highest BCUT2D eigenvalue weighted by molar-refractivity contribution is 5.27. The summed E-state index contributed by atoms with van der Waals surface area (Å²) in [4.78, 5) is 2.47. The minimum atomic E-state index is 0.199. The van der Waals surface area contributed by atoms with Crippen LogP contribution in [-0.2, 0) is 12.8 Å². The molecular weight excluding hydrogens is 326 g/mol. The molecule has 1 fully saturated rings. The lowest BCUT2D eigenvalue weighted by Gasteiger charge is -2.34. The van der Waals surface area contributed by atoms with Crippen molar-refractivity contribution in [2.24, 2.45) is 11.8 Å². The molecule has 1 atom stereocenters. The van der Waals surface area contributed by atoms with E-state index in [4.69, 9.17) is 9.15 Å². The van der Waals surface area contributed by atoms with Crippen LogP contribution in [0, 0.1) is 11.8 Å². The molecule has 1 aliphatic rings. The van der Waals surface area contributed by atoms with Crippen LogP contribution in [0.3, 0.4) is 0 Å². The van der Waals surface area contributed by atoms with Gasteiger partial charge in [0.1, 0.15) is 5.75 Å². The lowest BCUT2D eigenvalue weighted by Crippen LogP contribution is -2.36. The van der Waals surface area contributed by atoms with Gasteiger partial charge < -0.3 is 9.15 Å². The number of aromatic nitrogens is 2. The molecule has 0 amide bonds. The lowest BCUT2D eigenvalue weighted by atomic mass is 9.89. The van der Waals surface area contributed by atoms with E-state index in [0.717, 1.165) is 49.4 Å². The number of nitrogens with zero attached hydrogens (tertiary/aromatic N) is 3. The van der Waals surface area contributed by atoms with E-state index >= 15 is 0 Å². The fourth-order valence-corrected chi connectivity index (χ4v) is 3.66. The van der Waals surface area contributed by atoms with Crippen LogP contribution >= 0.6 is 0 Å². The Morgan fingerprint density at radius 3 is 2.42 bits per heavy atom. The van der Waals surface area contributed by atoms with Crippen LogP contribution in [0.25, 0.3) is 0 Å². The van der Waals surface area contributed by atoms with Gasteiger partial charge in [0.25, 0.3) is 0 Å². The fourth-order valence-electron chi connectivity index (χ4n) is 3.66. The average Bonchev–Trinajstić information content (AvgIpc) is 3.10. The Morgan fingerprint density at radius 2 is 1.81 bits per heavy atom. The van der Waals surface area contributed by atoms with Gasteiger partial charge in [0, 0.05) is 6.42 Å². The molecule has 1 aromatic heterocycles. The van der Waals surface area contributed by atoms with E-state index in [1.54, 1.807) is 7.11 Å². The van der Waals surface area contributed by atoms with Crippen LogP contribution in [0.2, 0.25) is 0 Å². The zero-order chi connectivity index (χ0) is 18.5. The molecule has 0 saturated carbocycles. The molecule has 2 heterocycles. The molecule has 0 N–H and O–H groups in total. The van der Waals surface area contributed by atoms with Gasteiger partial charge in [-0.1, -0.05) is 26.0 Å². The number of likely N-dealkylation sites (tertiary alicyclic amines) is 1. The Kier molecular flexibility index (Phi) is 6.30. The predicted octanol–water partition coefficient (Wildman–Crippen LogP) is 4.29. The van der Waals surface area contributed by atoms with Gasteiger partial charge in [0.15, 0.2) is 0 Å². The molecule has 0 aliphatic carbocycles. The maximum atomic E-state index is 5.88. The number of piperidine rings is 1. The third-order valence-electron chi connectivity index (χ3n) is 5.30. The Hall–Kier alpha value is -1.88. The van der Waals surface area contributed by atoms with Crippen molar-refractivity contribution in [1.82, 2.24) is 15.1 Å². The van der Waals surface area contributed by atoms with E-state index < -0.39 is 0 Å². The van der Waals surface area contributed by atoms with Gasteiger partial charge in [0.05, 0.1) is 13.2 Å². The Bertz CT molecular complexity index is 673. The molecule has 5 nitrogen and oxygen atoms in total. The van der Waals surface area contributed by atoms with Crippen LogP contribution < -0.4 is 4.74 Å². The smallest absolute Gasteiger partial charge is 0.233 e. The van der Waals surface area contributed by atoms with Crippen molar-refractivity contribution < 1.29 is 9.15 Å². The lowest BCUT2D eigenvalue weighted by molar-refractivity contribution is 0.123. The monoisotopic (exact) mass is 357 g/mol. The second kappa shape index (κ2) is 8.67. The standard InChI is InChI=1S/C21H31N3O2/c1-15(2)13-20-22-23-21(26-20)16(3)24-11-9-18(10-12-24)14-17-5-7-19(25-4)8-6-17/h5-8,15-16,18H,9-14H2,1-4H3. The van der Waals surface area contributed by atoms with Crippen LogP contribution in [-0.4, -0.2) is 35.3 Å². The van der Waals surface area contributed by atoms with Gasteiger partial charge in [-0.2, -0.15) is 0 Å². The van der Waals surface area contributed by atoms with E-state index in [0.29, 0.717) is 5.92 Å². The van der Waals surface area contributed by atoms with Crippen molar-refractivity contribution in [1.29, 1.82) is 0 Å². The van der Waals surface area contributed by atoms with Crippen molar-refractivity contribution >= 4 is 0 Å².